The van der Waals surface area contributed by atoms with Gasteiger partial charge in [0.25, 0.3) is 0 Å². The van der Waals surface area contributed by atoms with Gasteiger partial charge < -0.3 is 14.8 Å². The number of halogens is 2. The van der Waals surface area contributed by atoms with Crippen LogP contribution >= 0.6 is 23.2 Å². The fourth-order valence-electron chi connectivity index (χ4n) is 3.36. The van der Waals surface area contributed by atoms with Gasteiger partial charge >= 0.3 is 5.97 Å². The average Bonchev–Trinajstić information content (AvgIpc) is 3.13. The van der Waals surface area contributed by atoms with E-state index >= 15 is 0 Å². The number of allylic oxidation sites excluding steroid dienone is 3. The second kappa shape index (κ2) is 7.61. The third kappa shape index (κ3) is 4.69. The van der Waals surface area contributed by atoms with Crippen molar-refractivity contribution >= 4 is 29.2 Å². The lowest BCUT2D eigenvalue weighted by Crippen LogP contribution is -2.47. The molecule has 2 aliphatic rings. The maximum atomic E-state index is 12.5. The number of carbonyl (C=O) groups is 1. The first kappa shape index (κ1) is 19.8. The molecule has 1 aliphatic carbocycles. The van der Waals surface area contributed by atoms with Crippen molar-refractivity contribution in [3.8, 4) is 5.75 Å². The number of benzene rings is 1. The van der Waals surface area contributed by atoms with Crippen LogP contribution in [-0.4, -0.2) is 18.1 Å². The molecule has 1 N–H and O–H groups in total. The van der Waals surface area contributed by atoms with Crippen LogP contribution in [-0.2, 0) is 9.53 Å². The minimum absolute atomic E-state index is 0.00506. The minimum atomic E-state index is -0.553. The first-order chi connectivity index (χ1) is 12.7. The summed E-state index contributed by atoms with van der Waals surface area (Å²) in [4.78, 5) is 12.5. The zero-order chi connectivity index (χ0) is 19.7. The number of rotatable bonds is 6. The predicted octanol–water partition coefficient (Wildman–Crippen LogP) is 4.96. The lowest BCUT2D eigenvalue weighted by Gasteiger charge is -2.31. The summed E-state index contributed by atoms with van der Waals surface area (Å²) in [5, 5.41) is 3.28. The molecule has 1 aromatic rings. The van der Waals surface area contributed by atoms with E-state index in [0.717, 1.165) is 5.75 Å². The number of ether oxygens (including phenoxy) is 2. The predicted molar refractivity (Wildman–Crippen MR) is 107 cm³/mol. The van der Waals surface area contributed by atoms with E-state index in [4.69, 9.17) is 32.7 Å². The summed E-state index contributed by atoms with van der Waals surface area (Å²) < 4.78 is 11.6. The molecule has 0 unspecified atom stereocenters. The molecule has 0 aromatic heterocycles. The van der Waals surface area contributed by atoms with Crippen molar-refractivity contribution in [1.82, 2.24) is 5.32 Å². The molecule has 1 aliphatic heterocycles. The van der Waals surface area contributed by atoms with Crippen LogP contribution in [0.2, 0.25) is 0 Å². The van der Waals surface area contributed by atoms with Crippen LogP contribution in [0.3, 0.4) is 0 Å². The van der Waals surface area contributed by atoms with E-state index in [1.165, 1.54) is 0 Å². The lowest BCUT2D eigenvalue weighted by molar-refractivity contribution is -0.147. The zero-order valence-electron chi connectivity index (χ0n) is 15.5. The number of hydrogen-bond acceptors (Lipinski definition) is 4. The van der Waals surface area contributed by atoms with Gasteiger partial charge in [0.05, 0.1) is 11.5 Å². The Kier molecular flexibility index (Phi) is 5.59. The van der Waals surface area contributed by atoms with Crippen LogP contribution < -0.4 is 10.1 Å². The Balaban J connectivity index is 1.57. The highest BCUT2D eigenvalue weighted by Crippen LogP contribution is 2.60. The van der Waals surface area contributed by atoms with Crippen molar-refractivity contribution in [2.75, 3.05) is 6.61 Å². The van der Waals surface area contributed by atoms with E-state index in [1.54, 1.807) is 6.08 Å². The highest BCUT2D eigenvalue weighted by atomic mass is 35.5. The van der Waals surface area contributed by atoms with E-state index < -0.39 is 5.54 Å². The van der Waals surface area contributed by atoms with E-state index in [9.17, 15) is 4.79 Å². The summed E-state index contributed by atoms with van der Waals surface area (Å²) in [5.74, 6) is 0.848. The molecule has 3 atom stereocenters. The maximum absolute atomic E-state index is 12.5. The highest BCUT2D eigenvalue weighted by molar-refractivity contribution is 6.55. The van der Waals surface area contributed by atoms with Crippen molar-refractivity contribution in [1.29, 1.82) is 0 Å². The molecule has 0 spiro atoms. The van der Waals surface area contributed by atoms with Gasteiger partial charge in [-0.3, -0.25) is 4.79 Å². The fraction of sp³-hybridized carbons (Fsp3) is 0.381. The molecular weight excluding hydrogens is 385 g/mol. The summed E-state index contributed by atoms with van der Waals surface area (Å²) in [6.45, 7) is 6.15. The molecule has 144 valence electrons. The molecule has 1 fully saturated rings. The third-order valence-corrected chi connectivity index (χ3v) is 5.33. The van der Waals surface area contributed by atoms with Crippen LogP contribution in [0.15, 0.2) is 65.0 Å². The van der Waals surface area contributed by atoms with Crippen molar-refractivity contribution in [2.45, 2.75) is 26.3 Å². The number of nitrogens with one attached hydrogen (secondary N) is 1. The molecule has 1 heterocycles. The van der Waals surface area contributed by atoms with Gasteiger partial charge in [0.1, 0.15) is 16.8 Å². The van der Waals surface area contributed by atoms with Gasteiger partial charge in [-0.1, -0.05) is 67.4 Å². The number of para-hydroxylation sites is 1. The summed E-state index contributed by atoms with van der Waals surface area (Å²) in [5.41, 5.74) is -0.757. The molecule has 4 nitrogen and oxygen atoms in total. The second-order valence-corrected chi connectivity index (χ2v) is 8.74. The molecule has 1 saturated carbocycles. The summed E-state index contributed by atoms with van der Waals surface area (Å²) in [6.07, 6.45) is 7.39. The van der Waals surface area contributed by atoms with Crippen LogP contribution in [0.5, 0.6) is 5.75 Å². The smallest absolute Gasteiger partial charge is 0.310 e. The van der Waals surface area contributed by atoms with Gasteiger partial charge in [-0.25, -0.2) is 0 Å². The van der Waals surface area contributed by atoms with Gasteiger partial charge in [0.2, 0.25) is 0 Å². The second-order valence-electron chi connectivity index (χ2n) is 7.74. The Morgan fingerprint density at radius 1 is 1.22 bits per heavy atom. The first-order valence-corrected chi connectivity index (χ1v) is 9.57. The van der Waals surface area contributed by atoms with E-state index in [-0.39, 0.29) is 34.3 Å². The van der Waals surface area contributed by atoms with Crippen molar-refractivity contribution in [3.63, 3.8) is 0 Å². The van der Waals surface area contributed by atoms with E-state index in [2.05, 4.69) is 5.32 Å². The molecule has 6 heteroatoms. The number of dihydropyridines is 1. The molecular formula is C21H23Cl2NO3. The van der Waals surface area contributed by atoms with Crippen LogP contribution in [0, 0.1) is 17.3 Å². The summed E-state index contributed by atoms with van der Waals surface area (Å²) in [6, 6.07) is 9.50. The molecule has 0 bridgehead atoms. The first-order valence-electron chi connectivity index (χ1n) is 8.81. The Hall–Kier alpha value is -1.91. The topological polar surface area (TPSA) is 47.6 Å². The maximum Gasteiger partial charge on any atom is 0.310 e. The SMILES string of the molecule is CC1(C)[C@H](C(=O)OC[C@@]2(C)C=CC=C(Oc3ccccc3)N2)[C@@H]1C=C(Cl)Cl. The molecule has 1 aromatic carbocycles. The number of hydrogen-bond donors (Lipinski definition) is 1. The Bertz CT molecular complexity index is 797. The van der Waals surface area contributed by atoms with Crippen molar-refractivity contribution in [2.24, 2.45) is 17.3 Å². The van der Waals surface area contributed by atoms with Gasteiger partial charge in [-0.2, -0.15) is 0 Å². The van der Waals surface area contributed by atoms with Crippen molar-refractivity contribution < 1.29 is 14.3 Å². The number of carbonyl (C=O) groups excluding carboxylic acids is 1. The van der Waals surface area contributed by atoms with Crippen LogP contribution in [0.25, 0.3) is 0 Å². The summed E-state index contributed by atoms with van der Waals surface area (Å²) in [7, 11) is 0. The van der Waals surface area contributed by atoms with Gasteiger partial charge in [0, 0.05) is 0 Å². The van der Waals surface area contributed by atoms with Crippen molar-refractivity contribution in [3.05, 3.63) is 65.0 Å². The Morgan fingerprint density at radius 3 is 2.59 bits per heavy atom. The average molecular weight is 408 g/mol. The van der Waals surface area contributed by atoms with Crippen LogP contribution in [0.1, 0.15) is 20.8 Å². The largest absolute Gasteiger partial charge is 0.463 e. The quantitative estimate of drug-likeness (QED) is 0.676. The Labute approximate surface area is 169 Å². The monoisotopic (exact) mass is 407 g/mol. The third-order valence-electron chi connectivity index (χ3n) is 5.08. The normalized spacial score (nSPS) is 27.8. The Morgan fingerprint density at radius 2 is 1.93 bits per heavy atom. The minimum Gasteiger partial charge on any atom is -0.463 e. The molecule has 27 heavy (non-hydrogen) atoms. The molecule has 3 rings (SSSR count). The van der Waals surface area contributed by atoms with Gasteiger partial charge in [-0.05, 0) is 42.5 Å². The van der Waals surface area contributed by atoms with E-state index in [1.807, 2.05) is 69.3 Å². The standard InChI is InChI=1S/C21H23Cl2NO3/c1-20(2)15(12-16(22)23)18(20)19(25)26-13-21(3)11-7-10-17(24-21)27-14-8-5-4-6-9-14/h4-12,15,18,24H,13H2,1-3H3/t15-,18-,21+/m0/s1. The highest BCUT2D eigenvalue weighted by Gasteiger charge is 2.61. The molecule has 0 radical (unpaired) electrons. The van der Waals surface area contributed by atoms with Gasteiger partial charge in [-0.15, -0.1) is 0 Å². The summed E-state index contributed by atoms with van der Waals surface area (Å²) >= 11 is 11.5. The lowest BCUT2D eigenvalue weighted by atomic mass is 10.0. The van der Waals surface area contributed by atoms with E-state index in [0.29, 0.717) is 5.88 Å². The number of esters is 1. The fourth-order valence-corrected chi connectivity index (χ4v) is 3.63. The molecule has 0 saturated heterocycles. The zero-order valence-corrected chi connectivity index (χ0v) is 17.1. The molecule has 0 amide bonds. The van der Waals surface area contributed by atoms with Gasteiger partial charge in [0.15, 0.2) is 5.88 Å². The van der Waals surface area contributed by atoms with Crippen LogP contribution in [0.4, 0.5) is 0 Å².